The van der Waals surface area contributed by atoms with Gasteiger partial charge in [0.15, 0.2) is 0 Å². The third-order valence-corrected chi connectivity index (χ3v) is 3.76. The summed E-state index contributed by atoms with van der Waals surface area (Å²) >= 11 is 9.27. The van der Waals surface area contributed by atoms with Crippen LogP contribution in [0.2, 0.25) is 5.02 Å². The Kier molecular flexibility index (Phi) is 5.65. The molecule has 0 fully saturated rings. The SMILES string of the molecule is CCOc1cccc(CNC(=O)c2cc(Cl)ccc2Br)c1. The molecule has 0 aliphatic rings. The van der Waals surface area contributed by atoms with Crippen molar-refractivity contribution in [2.75, 3.05) is 6.61 Å². The van der Waals surface area contributed by atoms with Gasteiger partial charge in [-0.1, -0.05) is 23.7 Å². The molecule has 110 valence electrons. The number of hydrogen-bond donors (Lipinski definition) is 1. The van der Waals surface area contributed by atoms with Crippen molar-refractivity contribution in [3.63, 3.8) is 0 Å². The highest BCUT2D eigenvalue weighted by molar-refractivity contribution is 9.10. The van der Waals surface area contributed by atoms with Gasteiger partial charge in [0.05, 0.1) is 12.2 Å². The minimum absolute atomic E-state index is 0.175. The van der Waals surface area contributed by atoms with Crippen molar-refractivity contribution in [3.05, 3.63) is 63.1 Å². The molecule has 1 N–H and O–H groups in total. The van der Waals surface area contributed by atoms with Crippen LogP contribution in [-0.2, 0) is 6.54 Å². The average molecular weight is 369 g/mol. The Labute approximate surface area is 137 Å². The zero-order chi connectivity index (χ0) is 15.2. The quantitative estimate of drug-likeness (QED) is 0.848. The van der Waals surface area contributed by atoms with Crippen LogP contribution in [0.1, 0.15) is 22.8 Å². The number of carbonyl (C=O) groups is 1. The van der Waals surface area contributed by atoms with Crippen LogP contribution < -0.4 is 10.1 Å². The molecule has 2 aromatic carbocycles. The lowest BCUT2D eigenvalue weighted by molar-refractivity contribution is 0.0950. The Morgan fingerprint density at radius 2 is 2.10 bits per heavy atom. The number of ether oxygens (including phenoxy) is 1. The maximum atomic E-state index is 12.2. The van der Waals surface area contributed by atoms with Gasteiger partial charge in [-0.3, -0.25) is 4.79 Å². The Morgan fingerprint density at radius 1 is 1.29 bits per heavy atom. The molecule has 0 bridgehead atoms. The zero-order valence-electron chi connectivity index (χ0n) is 11.5. The fourth-order valence-corrected chi connectivity index (χ4v) is 2.46. The predicted molar refractivity (Wildman–Crippen MR) is 87.9 cm³/mol. The van der Waals surface area contributed by atoms with E-state index in [0.29, 0.717) is 28.2 Å². The summed E-state index contributed by atoms with van der Waals surface area (Å²) in [6.07, 6.45) is 0. The highest BCUT2D eigenvalue weighted by Crippen LogP contribution is 2.21. The lowest BCUT2D eigenvalue weighted by Crippen LogP contribution is -2.23. The molecule has 0 unspecified atom stereocenters. The lowest BCUT2D eigenvalue weighted by atomic mass is 10.2. The second-order valence-corrected chi connectivity index (χ2v) is 5.68. The first-order valence-electron chi connectivity index (χ1n) is 6.55. The van der Waals surface area contributed by atoms with Gasteiger partial charge >= 0.3 is 0 Å². The molecule has 0 heterocycles. The standard InChI is InChI=1S/C16H15BrClNO2/c1-2-21-13-5-3-4-11(8-13)10-19-16(20)14-9-12(18)6-7-15(14)17/h3-9H,2,10H2,1H3,(H,19,20). The molecule has 21 heavy (non-hydrogen) atoms. The maximum absolute atomic E-state index is 12.2. The van der Waals surface area contributed by atoms with Crippen LogP contribution in [0, 0.1) is 0 Å². The van der Waals surface area contributed by atoms with Crippen LogP contribution in [0.4, 0.5) is 0 Å². The van der Waals surface area contributed by atoms with E-state index in [1.807, 2.05) is 31.2 Å². The van der Waals surface area contributed by atoms with Gasteiger partial charge in [0.2, 0.25) is 0 Å². The number of carbonyl (C=O) groups excluding carboxylic acids is 1. The average Bonchev–Trinajstić information content (AvgIpc) is 2.48. The Morgan fingerprint density at radius 3 is 2.86 bits per heavy atom. The molecule has 0 spiro atoms. The van der Waals surface area contributed by atoms with Gasteiger partial charge < -0.3 is 10.1 Å². The first-order valence-corrected chi connectivity index (χ1v) is 7.72. The fourth-order valence-electron chi connectivity index (χ4n) is 1.86. The van der Waals surface area contributed by atoms with Gasteiger partial charge in [0.1, 0.15) is 5.75 Å². The summed E-state index contributed by atoms with van der Waals surface area (Å²) in [5.74, 6) is 0.624. The van der Waals surface area contributed by atoms with E-state index < -0.39 is 0 Å². The molecule has 0 aliphatic heterocycles. The molecule has 0 saturated heterocycles. The van der Waals surface area contributed by atoms with Gasteiger partial charge in [-0.05, 0) is 58.7 Å². The number of nitrogens with one attached hydrogen (secondary N) is 1. The molecular weight excluding hydrogens is 354 g/mol. The third kappa shape index (κ3) is 4.48. The van der Waals surface area contributed by atoms with E-state index in [-0.39, 0.29) is 5.91 Å². The van der Waals surface area contributed by atoms with Crippen LogP contribution in [0.15, 0.2) is 46.9 Å². The highest BCUT2D eigenvalue weighted by Gasteiger charge is 2.10. The lowest BCUT2D eigenvalue weighted by Gasteiger charge is -2.09. The molecule has 5 heteroatoms. The number of hydrogen-bond acceptors (Lipinski definition) is 2. The molecule has 0 radical (unpaired) electrons. The van der Waals surface area contributed by atoms with Gasteiger partial charge in [0, 0.05) is 16.0 Å². The monoisotopic (exact) mass is 367 g/mol. The van der Waals surface area contributed by atoms with Crippen LogP contribution in [0.5, 0.6) is 5.75 Å². The summed E-state index contributed by atoms with van der Waals surface area (Å²) in [6.45, 7) is 2.98. The summed E-state index contributed by atoms with van der Waals surface area (Å²) in [5.41, 5.74) is 1.50. The van der Waals surface area contributed by atoms with Crippen molar-refractivity contribution in [3.8, 4) is 5.75 Å². The van der Waals surface area contributed by atoms with Crippen molar-refractivity contribution >= 4 is 33.4 Å². The second-order valence-electron chi connectivity index (χ2n) is 4.39. The molecule has 2 rings (SSSR count). The van der Waals surface area contributed by atoms with E-state index in [0.717, 1.165) is 11.3 Å². The Bertz CT molecular complexity index is 646. The first kappa shape index (κ1) is 15.9. The normalized spacial score (nSPS) is 10.2. The summed E-state index contributed by atoms with van der Waals surface area (Å²) in [6, 6.07) is 12.8. The predicted octanol–water partition coefficient (Wildman–Crippen LogP) is 4.43. The number of benzene rings is 2. The van der Waals surface area contributed by atoms with Crippen LogP contribution in [0.25, 0.3) is 0 Å². The third-order valence-electron chi connectivity index (χ3n) is 2.84. The van der Waals surface area contributed by atoms with Crippen molar-refractivity contribution in [2.45, 2.75) is 13.5 Å². The van der Waals surface area contributed by atoms with E-state index in [1.165, 1.54) is 0 Å². The fraction of sp³-hybridized carbons (Fsp3) is 0.188. The van der Waals surface area contributed by atoms with Crippen LogP contribution >= 0.6 is 27.5 Å². The highest BCUT2D eigenvalue weighted by atomic mass is 79.9. The first-order chi connectivity index (χ1) is 10.1. The van der Waals surface area contributed by atoms with Crippen molar-refractivity contribution in [2.24, 2.45) is 0 Å². The molecule has 1 amide bonds. The topological polar surface area (TPSA) is 38.3 Å². The van der Waals surface area contributed by atoms with E-state index in [2.05, 4.69) is 21.2 Å². The molecule has 0 aliphatic carbocycles. The molecule has 0 saturated carbocycles. The van der Waals surface area contributed by atoms with Crippen LogP contribution in [-0.4, -0.2) is 12.5 Å². The minimum Gasteiger partial charge on any atom is -0.494 e. The Hall–Kier alpha value is -1.52. The number of rotatable bonds is 5. The van der Waals surface area contributed by atoms with E-state index in [1.54, 1.807) is 18.2 Å². The summed E-state index contributed by atoms with van der Waals surface area (Å²) in [7, 11) is 0. The van der Waals surface area contributed by atoms with Crippen molar-refractivity contribution in [1.82, 2.24) is 5.32 Å². The molecule has 0 aromatic heterocycles. The molecule has 0 atom stereocenters. The Balaban J connectivity index is 2.04. The van der Waals surface area contributed by atoms with E-state index >= 15 is 0 Å². The van der Waals surface area contributed by atoms with Gasteiger partial charge in [0.25, 0.3) is 5.91 Å². The molecule has 2 aromatic rings. The van der Waals surface area contributed by atoms with Gasteiger partial charge in [-0.2, -0.15) is 0 Å². The molecule has 3 nitrogen and oxygen atoms in total. The van der Waals surface area contributed by atoms with Crippen LogP contribution in [0.3, 0.4) is 0 Å². The number of amides is 1. The summed E-state index contributed by atoms with van der Waals surface area (Å²) < 4.78 is 6.15. The smallest absolute Gasteiger partial charge is 0.252 e. The molecular formula is C16H15BrClNO2. The number of halogens is 2. The maximum Gasteiger partial charge on any atom is 0.252 e. The van der Waals surface area contributed by atoms with Gasteiger partial charge in [-0.15, -0.1) is 0 Å². The zero-order valence-corrected chi connectivity index (χ0v) is 13.9. The van der Waals surface area contributed by atoms with E-state index in [9.17, 15) is 4.79 Å². The van der Waals surface area contributed by atoms with Crippen molar-refractivity contribution < 1.29 is 9.53 Å². The second kappa shape index (κ2) is 7.48. The van der Waals surface area contributed by atoms with E-state index in [4.69, 9.17) is 16.3 Å². The largest absolute Gasteiger partial charge is 0.494 e. The summed E-state index contributed by atoms with van der Waals surface area (Å²) in [4.78, 5) is 12.2. The van der Waals surface area contributed by atoms with Crippen molar-refractivity contribution in [1.29, 1.82) is 0 Å². The summed E-state index contributed by atoms with van der Waals surface area (Å²) in [5, 5.41) is 3.40. The minimum atomic E-state index is -0.175. The van der Waals surface area contributed by atoms with Gasteiger partial charge in [-0.25, -0.2) is 0 Å².